The van der Waals surface area contributed by atoms with Crippen molar-refractivity contribution in [1.29, 1.82) is 0 Å². The van der Waals surface area contributed by atoms with E-state index in [0.29, 0.717) is 47.0 Å². The lowest BCUT2D eigenvalue weighted by Gasteiger charge is -2.20. The van der Waals surface area contributed by atoms with E-state index >= 15 is 0 Å². The number of non-ortho nitro benzene ring substituents is 1. The van der Waals surface area contributed by atoms with Crippen molar-refractivity contribution < 1.29 is 19.1 Å². The first kappa shape index (κ1) is 23.5. The molecule has 0 N–H and O–H groups in total. The highest BCUT2D eigenvalue weighted by Crippen LogP contribution is 2.36. The van der Waals surface area contributed by atoms with Gasteiger partial charge in [-0.1, -0.05) is 23.4 Å². The monoisotopic (exact) mass is 490 g/mol. The second-order valence-electron chi connectivity index (χ2n) is 7.26. The number of nitro benzene ring substituents is 1. The zero-order valence-corrected chi connectivity index (χ0v) is 19.6. The Labute approximate surface area is 200 Å². The van der Waals surface area contributed by atoms with Crippen LogP contribution < -0.4 is 4.74 Å². The molecular weight excluding hydrogens is 468 g/mol. The molecule has 0 aliphatic carbocycles. The second kappa shape index (κ2) is 11.0. The summed E-state index contributed by atoms with van der Waals surface area (Å²) in [6, 6.07) is 10.5. The quantitative estimate of drug-likeness (QED) is 0.167. The number of hydrogen-bond donors (Lipinski definition) is 0. The summed E-state index contributed by atoms with van der Waals surface area (Å²) in [5.41, 5.74) is 2.32. The summed E-state index contributed by atoms with van der Waals surface area (Å²) in [5.74, 6) is 1.81. The van der Waals surface area contributed by atoms with Crippen LogP contribution >= 0.6 is 23.4 Å². The molecule has 174 valence electrons. The molecule has 4 rings (SSSR count). The molecule has 0 spiro atoms. The average molecular weight is 491 g/mol. The van der Waals surface area contributed by atoms with Gasteiger partial charge >= 0.3 is 0 Å². The molecule has 0 unspecified atom stereocenters. The van der Waals surface area contributed by atoms with E-state index in [0.717, 1.165) is 23.4 Å². The molecule has 0 saturated heterocycles. The minimum atomic E-state index is -0.405. The van der Waals surface area contributed by atoms with Crippen molar-refractivity contribution in [3.63, 3.8) is 0 Å². The van der Waals surface area contributed by atoms with Crippen LogP contribution in [-0.2, 0) is 28.4 Å². The van der Waals surface area contributed by atoms with Gasteiger partial charge in [0, 0.05) is 59.4 Å². The highest BCUT2D eigenvalue weighted by Gasteiger charge is 2.22. The number of benzene rings is 2. The predicted molar refractivity (Wildman–Crippen MR) is 125 cm³/mol. The van der Waals surface area contributed by atoms with E-state index in [1.807, 2.05) is 35.8 Å². The van der Waals surface area contributed by atoms with E-state index < -0.39 is 4.92 Å². The van der Waals surface area contributed by atoms with Crippen molar-refractivity contribution in [2.24, 2.45) is 0 Å². The van der Waals surface area contributed by atoms with Crippen molar-refractivity contribution in [2.75, 3.05) is 20.0 Å². The summed E-state index contributed by atoms with van der Waals surface area (Å²) in [5, 5.41) is 21.6. The molecular formula is C22H23ClN4O5S. The number of hydrogen-bond acceptors (Lipinski definition) is 8. The van der Waals surface area contributed by atoms with E-state index in [9.17, 15) is 10.1 Å². The number of aromatic nitrogens is 3. The van der Waals surface area contributed by atoms with Crippen LogP contribution in [0, 0.1) is 10.1 Å². The predicted octanol–water partition coefficient (Wildman–Crippen LogP) is 5.09. The number of rotatable bonds is 10. The number of nitrogens with zero attached hydrogens (tertiary/aromatic N) is 4. The Balaban J connectivity index is 1.60. The molecule has 1 aliphatic heterocycles. The van der Waals surface area contributed by atoms with Gasteiger partial charge in [-0.25, -0.2) is 0 Å². The fraction of sp³-hybridized carbons (Fsp3) is 0.364. The first-order valence-electron chi connectivity index (χ1n) is 10.5. The van der Waals surface area contributed by atoms with E-state index in [-0.39, 0.29) is 19.1 Å². The van der Waals surface area contributed by atoms with Gasteiger partial charge in [-0.2, -0.15) is 0 Å². The molecule has 9 nitrogen and oxygen atoms in total. The third-order valence-corrected chi connectivity index (χ3v) is 6.30. The Morgan fingerprint density at radius 2 is 2.09 bits per heavy atom. The number of fused-ring (bicyclic) bond motifs is 1. The van der Waals surface area contributed by atoms with Crippen LogP contribution in [0.15, 0.2) is 41.6 Å². The van der Waals surface area contributed by atoms with Crippen molar-refractivity contribution in [1.82, 2.24) is 14.8 Å². The maximum atomic E-state index is 11.4. The van der Waals surface area contributed by atoms with Crippen molar-refractivity contribution in [3.8, 4) is 17.1 Å². The van der Waals surface area contributed by atoms with Gasteiger partial charge in [0.15, 0.2) is 17.8 Å². The van der Waals surface area contributed by atoms with Crippen LogP contribution in [0.1, 0.15) is 24.5 Å². The van der Waals surface area contributed by atoms with Gasteiger partial charge in [-0.3, -0.25) is 10.1 Å². The van der Waals surface area contributed by atoms with E-state index in [1.165, 1.54) is 17.8 Å². The minimum Gasteiger partial charge on any atom is -0.467 e. The third kappa shape index (κ3) is 5.64. The van der Waals surface area contributed by atoms with Crippen LogP contribution in [0.25, 0.3) is 11.4 Å². The van der Waals surface area contributed by atoms with Crippen LogP contribution in [0.4, 0.5) is 5.69 Å². The zero-order valence-electron chi connectivity index (χ0n) is 18.0. The van der Waals surface area contributed by atoms with Crippen molar-refractivity contribution in [2.45, 2.75) is 37.4 Å². The normalized spacial score (nSPS) is 12.9. The molecule has 11 heteroatoms. The Morgan fingerprint density at radius 1 is 1.27 bits per heavy atom. The maximum absolute atomic E-state index is 11.4. The summed E-state index contributed by atoms with van der Waals surface area (Å²) in [6.45, 7) is 4.33. The SMILES string of the molecule is CCOCCCn1c(SCc2cc([N+](=O)[O-])cc3c2OCOC3)nnc1-c1ccc(Cl)cc1. The largest absolute Gasteiger partial charge is 0.467 e. The molecule has 0 saturated carbocycles. The number of nitro groups is 1. The smallest absolute Gasteiger partial charge is 0.270 e. The van der Waals surface area contributed by atoms with Crippen molar-refractivity contribution >= 4 is 29.1 Å². The Hall–Kier alpha value is -2.66. The summed E-state index contributed by atoms with van der Waals surface area (Å²) in [4.78, 5) is 11.0. The number of thioether (sulfide) groups is 1. The van der Waals surface area contributed by atoms with Gasteiger partial charge in [-0.15, -0.1) is 10.2 Å². The first-order chi connectivity index (χ1) is 16.1. The van der Waals surface area contributed by atoms with E-state index in [2.05, 4.69) is 10.2 Å². The Kier molecular flexibility index (Phi) is 7.81. The standard InChI is InChI=1S/C22H23ClN4O5S/c1-2-30-9-3-8-26-21(15-4-6-18(23)7-5-15)24-25-22(26)33-13-17-11-19(27(28)29)10-16-12-31-14-32-20(16)17/h4-7,10-11H,2-3,8-9,12-14H2,1H3. The van der Waals surface area contributed by atoms with Crippen LogP contribution in [0.2, 0.25) is 5.02 Å². The van der Waals surface area contributed by atoms with Crippen LogP contribution in [0.5, 0.6) is 5.75 Å². The Morgan fingerprint density at radius 3 is 2.85 bits per heavy atom. The van der Waals surface area contributed by atoms with Crippen LogP contribution in [-0.4, -0.2) is 39.7 Å². The summed E-state index contributed by atoms with van der Waals surface area (Å²) in [6.07, 6.45) is 0.798. The molecule has 3 aromatic rings. The molecule has 0 fully saturated rings. The number of halogens is 1. The number of ether oxygens (including phenoxy) is 3. The molecule has 33 heavy (non-hydrogen) atoms. The van der Waals surface area contributed by atoms with Gasteiger partial charge in [0.2, 0.25) is 0 Å². The van der Waals surface area contributed by atoms with Gasteiger partial charge < -0.3 is 18.8 Å². The lowest BCUT2D eigenvalue weighted by Crippen LogP contribution is -2.13. The lowest BCUT2D eigenvalue weighted by atomic mass is 10.1. The fourth-order valence-corrected chi connectivity index (χ4v) is 4.57. The van der Waals surface area contributed by atoms with Crippen LogP contribution in [0.3, 0.4) is 0 Å². The van der Waals surface area contributed by atoms with E-state index in [4.69, 9.17) is 25.8 Å². The highest BCUT2D eigenvalue weighted by molar-refractivity contribution is 7.98. The molecule has 1 aromatic heterocycles. The molecule has 2 aromatic carbocycles. The highest BCUT2D eigenvalue weighted by atomic mass is 35.5. The van der Waals surface area contributed by atoms with Gasteiger partial charge in [0.1, 0.15) is 5.75 Å². The van der Waals surface area contributed by atoms with Gasteiger partial charge in [-0.05, 0) is 37.6 Å². The molecule has 0 radical (unpaired) electrons. The molecule has 0 atom stereocenters. The summed E-state index contributed by atoms with van der Waals surface area (Å²) in [7, 11) is 0. The fourth-order valence-electron chi connectivity index (χ4n) is 3.51. The van der Waals surface area contributed by atoms with Gasteiger partial charge in [0.05, 0.1) is 11.5 Å². The van der Waals surface area contributed by atoms with E-state index in [1.54, 1.807) is 6.07 Å². The summed E-state index contributed by atoms with van der Waals surface area (Å²) >= 11 is 7.50. The Bertz CT molecular complexity index is 1120. The average Bonchev–Trinajstić information content (AvgIpc) is 3.23. The topological polar surface area (TPSA) is 102 Å². The molecule has 1 aliphatic rings. The molecule has 0 bridgehead atoms. The zero-order chi connectivity index (χ0) is 23.2. The maximum Gasteiger partial charge on any atom is 0.270 e. The minimum absolute atomic E-state index is 0.0125. The third-order valence-electron chi connectivity index (χ3n) is 5.03. The molecule has 0 amide bonds. The van der Waals surface area contributed by atoms with Gasteiger partial charge in [0.25, 0.3) is 5.69 Å². The second-order valence-corrected chi connectivity index (χ2v) is 8.64. The first-order valence-corrected chi connectivity index (χ1v) is 11.8. The summed E-state index contributed by atoms with van der Waals surface area (Å²) < 4.78 is 18.5. The van der Waals surface area contributed by atoms with Crippen molar-refractivity contribution in [3.05, 3.63) is 62.7 Å². The molecule has 2 heterocycles. The lowest BCUT2D eigenvalue weighted by molar-refractivity contribution is -0.385.